The van der Waals surface area contributed by atoms with E-state index in [4.69, 9.17) is 0 Å². The van der Waals surface area contributed by atoms with E-state index in [9.17, 15) is 13.2 Å². The molecule has 1 aromatic heterocycles. The Hall–Kier alpha value is -1.27. The molecule has 1 fully saturated rings. The Balaban J connectivity index is 2.24. The third-order valence-electron chi connectivity index (χ3n) is 2.90. The Morgan fingerprint density at radius 2 is 2.06 bits per heavy atom. The van der Waals surface area contributed by atoms with E-state index in [0.29, 0.717) is 6.54 Å². The molecular formula is C11H14N2O3S. The molecule has 92 valence electrons. The minimum atomic E-state index is -3.47. The summed E-state index contributed by atoms with van der Waals surface area (Å²) in [6, 6.07) is 2.94. The van der Waals surface area contributed by atoms with Gasteiger partial charge in [0, 0.05) is 31.4 Å². The monoisotopic (exact) mass is 254 g/mol. The van der Waals surface area contributed by atoms with Gasteiger partial charge in [-0.05, 0) is 25.0 Å². The molecule has 17 heavy (non-hydrogen) atoms. The number of carbonyl (C=O) groups excluding carboxylic acids is 1. The Morgan fingerprint density at radius 1 is 1.35 bits per heavy atom. The highest BCUT2D eigenvalue weighted by atomic mass is 32.2. The number of sulfonamides is 1. The first-order valence-corrected chi connectivity index (χ1v) is 6.94. The average molecular weight is 254 g/mol. The molecule has 1 unspecified atom stereocenters. The van der Waals surface area contributed by atoms with Crippen molar-refractivity contribution in [3.63, 3.8) is 0 Å². The van der Waals surface area contributed by atoms with Gasteiger partial charge in [-0.15, -0.1) is 0 Å². The largest absolute Gasteiger partial charge is 0.303 e. The van der Waals surface area contributed by atoms with Crippen molar-refractivity contribution in [1.29, 1.82) is 0 Å². The van der Waals surface area contributed by atoms with E-state index < -0.39 is 10.0 Å². The Bertz CT molecular complexity index is 487. The van der Waals surface area contributed by atoms with Crippen LogP contribution >= 0.6 is 0 Å². The van der Waals surface area contributed by atoms with Crippen LogP contribution in [0.5, 0.6) is 0 Å². The van der Waals surface area contributed by atoms with E-state index in [0.717, 1.165) is 19.1 Å². The van der Waals surface area contributed by atoms with Crippen molar-refractivity contribution >= 4 is 16.3 Å². The van der Waals surface area contributed by atoms with Crippen LogP contribution in [0, 0.1) is 5.92 Å². The van der Waals surface area contributed by atoms with Crippen molar-refractivity contribution in [2.75, 3.05) is 13.1 Å². The standard InChI is InChI=1S/C11H14N2O3S/c14-9-10-2-1-7-13(8-10)17(15,16)11-3-5-12-6-4-11/h3-6,9-10H,1-2,7-8H2. The SMILES string of the molecule is O=CC1CCCN(S(=O)(=O)c2ccncc2)C1. The smallest absolute Gasteiger partial charge is 0.243 e. The first-order valence-electron chi connectivity index (χ1n) is 5.50. The molecule has 1 saturated heterocycles. The molecule has 1 aromatic rings. The molecule has 5 nitrogen and oxygen atoms in total. The first kappa shape index (κ1) is 12.2. The highest BCUT2D eigenvalue weighted by molar-refractivity contribution is 7.89. The number of pyridine rings is 1. The van der Waals surface area contributed by atoms with Crippen molar-refractivity contribution in [2.45, 2.75) is 17.7 Å². The quantitative estimate of drug-likeness (QED) is 0.744. The molecule has 0 spiro atoms. The predicted octanol–water partition coefficient (Wildman–Crippen LogP) is 0.681. The first-order chi connectivity index (χ1) is 8.14. The summed E-state index contributed by atoms with van der Waals surface area (Å²) in [5, 5.41) is 0. The van der Waals surface area contributed by atoms with Crippen LogP contribution in [0.2, 0.25) is 0 Å². The summed E-state index contributed by atoms with van der Waals surface area (Å²) in [7, 11) is -3.47. The maximum atomic E-state index is 12.2. The van der Waals surface area contributed by atoms with E-state index in [1.165, 1.54) is 28.8 Å². The second kappa shape index (κ2) is 4.93. The van der Waals surface area contributed by atoms with Crippen LogP contribution in [0.3, 0.4) is 0 Å². The Morgan fingerprint density at radius 3 is 2.71 bits per heavy atom. The van der Waals surface area contributed by atoms with Crippen LogP contribution in [0.4, 0.5) is 0 Å². The molecule has 0 amide bonds. The fourth-order valence-electron chi connectivity index (χ4n) is 1.96. The van der Waals surface area contributed by atoms with Crippen LogP contribution in [0.1, 0.15) is 12.8 Å². The number of aldehydes is 1. The molecule has 0 aromatic carbocycles. The van der Waals surface area contributed by atoms with Gasteiger partial charge in [-0.2, -0.15) is 4.31 Å². The third-order valence-corrected chi connectivity index (χ3v) is 4.78. The van der Waals surface area contributed by atoms with Crippen LogP contribution in [-0.2, 0) is 14.8 Å². The average Bonchev–Trinajstić information content (AvgIpc) is 2.40. The molecular weight excluding hydrogens is 240 g/mol. The van der Waals surface area contributed by atoms with Crippen molar-refractivity contribution < 1.29 is 13.2 Å². The van der Waals surface area contributed by atoms with Crippen LogP contribution in [-0.4, -0.2) is 37.1 Å². The summed E-state index contributed by atoms with van der Waals surface area (Å²) in [4.78, 5) is 14.8. The number of hydrogen-bond acceptors (Lipinski definition) is 4. The molecule has 0 N–H and O–H groups in total. The summed E-state index contributed by atoms with van der Waals surface area (Å²) >= 11 is 0. The fourth-order valence-corrected chi connectivity index (χ4v) is 3.48. The third kappa shape index (κ3) is 2.53. The highest BCUT2D eigenvalue weighted by Crippen LogP contribution is 2.22. The normalized spacial score (nSPS) is 22.2. The van der Waals surface area contributed by atoms with Gasteiger partial charge >= 0.3 is 0 Å². The number of hydrogen-bond donors (Lipinski definition) is 0. The van der Waals surface area contributed by atoms with E-state index in [1.807, 2.05) is 0 Å². The topological polar surface area (TPSA) is 67.3 Å². The maximum Gasteiger partial charge on any atom is 0.243 e. The van der Waals surface area contributed by atoms with E-state index in [-0.39, 0.29) is 17.4 Å². The van der Waals surface area contributed by atoms with Gasteiger partial charge in [-0.25, -0.2) is 8.42 Å². The van der Waals surface area contributed by atoms with Gasteiger partial charge in [0.05, 0.1) is 4.90 Å². The zero-order valence-corrected chi connectivity index (χ0v) is 10.1. The second-order valence-electron chi connectivity index (χ2n) is 4.08. The van der Waals surface area contributed by atoms with Gasteiger partial charge in [0.1, 0.15) is 6.29 Å². The van der Waals surface area contributed by atoms with E-state index in [2.05, 4.69) is 4.98 Å². The van der Waals surface area contributed by atoms with Gasteiger partial charge in [0.15, 0.2) is 0 Å². The summed E-state index contributed by atoms with van der Waals surface area (Å²) in [5.74, 6) is -0.180. The predicted molar refractivity (Wildman–Crippen MR) is 61.8 cm³/mol. The lowest BCUT2D eigenvalue weighted by Crippen LogP contribution is -2.40. The van der Waals surface area contributed by atoms with Crippen molar-refractivity contribution in [1.82, 2.24) is 9.29 Å². The highest BCUT2D eigenvalue weighted by Gasteiger charge is 2.29. The maximum absolute atomic E-state index is 12.2. The summed E-state index contributed by atoms with van der Waals surface area (Å²) in [6.07, 6.45) is 5.25. The molecule has 1 aliphatic rings. The van der Waals surface area contributed by atoms with Gasteiger partial charge in [-0.3, -0.25) is 4.98 Å². The molecule has 2 rings (SSSR count). The minimum Gasteiger partial charge on any atom is -0.303 e. The lowest BCUT2D eigenvalue weighted by molar-refractivity contribution is -0.112. The van der Waals surface area contributed by atoms with E-state index in [1.54, 1.807) is 0 Å². The summed E-state index contributed by atoms with van der Waals surface area (Å²) in [6.45, 7) is 0.767. The van der Waals surface area contributed by atoms with Gasteiger partial charge in [0.25, 0.3) is 0 Å². The zero-order valence-electron chi connectivity index (χ0n) is 9.32. The summed E-state index contributed by atoms with van der Waals surface area (Å²) in [5.41, 5.74) is 0. The van der Waals surface area contributed by atoms with Crippen LogP contribution in [0.25, 0.3) is 0 Å². The van der Waals surface area contributed by atoms with Gasteiger partial charge in [-0.1, -0.05) is 0 Å². The molecule has 2 heterocycles. The number of piperidine rings is 1. The van der Waals surface area contributed by atoms with Crippen molar-refractivity contribution in [3.8, 4) is 0 Å². The number of rotatable bonds is 3. The number of aromatic nitrogens is 1. The molecule has 0 saturated carbocycles. The molecule has 6 heteroatoms. The molecule has 0 radical (unpaired) electrons. The lowest BCUT2D eigenvalue weighted by atomic mass is 10.0. The minimum absolute atomic E-state index is 0.180. The lowest BCUT2D eigenvalue weighted by Gasteiger charge is -2.29. The molecule has 0 aliphatic carbocycles. The Kier molecular flexibility index (Phi) is 3.54. The second-order valence-corrected chi connectivity index (χ2v) is 6.02. The zero-order chi connectivity index (χ0) is 12.3. The van der Waals surface area contributed by atoms with Crippen LogP contribution < -0.4 is 0 Å². The van der Waals surface area contributed by atoms with Crippen LogP contribution in [0.15, 0.2) is 29.4 Å². The summed E-state index contributed by atoms with van der Waals surface area (Å²) < 4.78 is 25.8. The number of nitrogens with zero attached hydrogens (tertiary/aromatic N) is 2. The molecule has 1 atom stereocenters. The molecule has 0 bridgehead atoms. The van der Waals surface area contributed by atoms with E-state index >= 15 is 0 Å². The van der Waals surface area contributed by atoms with Crippen molar-refractivity contribution in [2.24, 2.45) is 5.92 Å². The van der Waals surface area contributed by atoms with Gasteiger partial charge < -0.3 is 4.79 Å². The number of carbonyl (C=O) groups is 1. The fraction of sp³-hybridized carbons (Fsp3) is 0.455. The van der Waals surface area contributed by atoms with Gasteiger partial charge in [0.2, 0.25) is 10.0 Å². The molecule has 1 aliphatic heterocycles. The van der Waals surface area contributed by atoms with Crippen molar-refractivity contribution in [3.05, 3.63) is 24.5 Å². The Labute approximate surface area is 101 Å².